The number of hydrogen-bond acceptors (Lipinski definition) is 4. The van der Waals surface area contributed by atoms with Crippen molar-refractivity contribution in [3.8, 4) is 11.4 Å². The van der Waals surface area contributed by atoms with Crippen molar-refractivity contribution in [2.45, 2.75) is 19.9 Å². The van der Waals surface area contributed by atoms with E-state index >= 15 is 0 Å². The Bertz CT molecular complexity index is 1080. The molecule has 7 heteroatoms. The van der Waals surface area contributed by atoms with Crippen LogP contribution in [0.15, 0.2) is 59.4 Å². The number of para-hydroxylation sites is 2. The van der Waals surface area contributed by atoms with Crippen molar-refractivity contribution in [3.05, 3.63) is 86.8 Å². The molecule has 0 bridgehead atoms. The van der Waals surface area contributed by atoms with Crippen molar-refractivity contribution in [2.75, 3.05) is 7.11 Å². The smallest absolute Gasteiger partial charge is 0.276 e. The van der Waals surface area contributed by atoms with Gasteiger partial charge in [-0.05, 0) is 32.0 Å². The molecule has 1 heterocycles. The van der Waals surface area contributed by atoms with Crippen LogP contribution in [0.1, 0.15) is 34.7 Å². The summed E-state index contributed by atoms with van der Waals surface area (Å²) in [4.78, 5) is 25.2. The average molecular weight is 398 g/mol. The summed E-state index contributed by atoms with van der Waals surface area (Å²) in [5, 5.41) is 7.55. The van der Waals surface area contributed by atoms with Gasteiger partial charge in [-0.2, -0.15) is 5.10 Å². The molecule has 1 amide bonds. The van der Waals surface area contributed by atoms with Gasteiger partial charge < -0.3 is 10.1 Å². The van der Waals surface area contributed by atoms with Crippen molar-refractivity contribution in [1.29, 1.82) is 0 Å². The number of nitrogens with zero attached hydrogens (tertiary/aromatic N) is 2. The summed E-state index contributed by atoms with van der Waals surface area (Å²) in [5.74, 6) is 0.0878. The lowest BCUT2D eigenvalue weighted by Gasteiger charge is -2.17. The minimum atomic E-state index is -0.566. The normalized spacial score (nSPS) is 11.7. The highest BCUT2D eigenvalue weighted by molar-refractivity contribution is 6.32. The summed E-state index contributed by atoms with van der Waals surface area (Å²) in [5.41, 5.74) is 1.32. The number of aromatic nitrogens is 2. The van der Waals surface area contributed by atoms with Gasteiger partial charge in [-0.15, -0.1) is 0 Å². The average Bonchev–Trinajstić information content (AvgIpc) is 2.68. The monoisotopic (exact) mass is 397 g/mol. The Kier molecular flexibility index (Phi) is 5.80. The first-order valence-electron chi connectivity index (χ1n) is 8.72. The summed E-state index contributed by atoms with van der Waals surface area (Å²) < 4.78 is 6.83. The van der Waals surface area contributed by atoms with E-state index in [2.05, 4.69) is 10.4 Å². The number of carbonyl (C=O) groups excluding carboxylic acids is 1. The lowest BCUT2D eigenvalue weighted by atomic mass is 10.1. The molecule has 0 aliphatic carbocycles. The summed E-state index contributed by atoms with van der Waals surface area (Å²) >= 11 is 6.25. The molecule has 0 aliphatic rings. The maximum atomic E-state index is 12.8. The number of ether oxygens (including phenoxy) is 1. The molecule has 3 aromatic rings. The predicted molar refractivity (Wildman–Crippen MR) is 108 cm³/mol. The number of hydrogen-bond donors (Lipinski definition) is 1. The molecule has 144 valence electrons. The van der Waals surface area contributed by atoms with Crippen molar-refractivity contribution < 1.29 is 9.53 Å². The summed E-state index contributed by atoms with van der Waals surface area (Å²) in [7, 11) is 1.57. The highest BCUT2D eigenvalue weighted by Crippen LogP contribution is 2.24. The number of amides is 1. The fourth-order valence-electron chi connectivity index (χ4n) is 2.94. The van der Waals surface area contributed by atoms with E-state index in [1.807, 2.05) is 37.3 Å². The highest BCUT2D eigenvalue weighted by Gasteiger charge is 2.20. The fourth-order valence-corrected chi connectivity index (χ4v) is 3.15. The molecule has 0 saturated heterocycles. The molecule has 1 atom stereocenters. The van der Waals surface area contributed by atoms with Crippen LogP contribution in [0.5, 0.6) is 5.75 Å². The van der Waals surface area contributed by atoms with Gasteiger partial charge >= 0.3 is 0 Å². The minimum absolute atomic E-state index is 0.202. The summed E-state index contributed by atoms with van der Waals surface area (Å²) in [6, 6.07) is 15.5. The van der Waals surface area contributed by atoms with Gasteiger partial charge in [-0.1, -0.05) is 41.9 Å². The standard InChI is InChI=1S/C21H20ClN3O3/c1-13-12-18(26)20(24-25(13)17-10-6-5-9-16(17)22)21(27)23-14(2)15-8-4-7-11-19(15)28-3/h4-12,14H,1-3H3,(H,23,27). The van der Waals surface area contributed by atoms with E-state index in [0.717, 1.165) is 5.56 Å². The van der Waals surface area contributed by atoms with E-state index in [4.69, 9.17) is 16.3 Å². The second-order valence-electron chi connectivity index (χ2n) is 6.30. The largest absolute Gasteiger partial charge is 0.496 e. The zero-order valence-electron chi connectivity index (χ0n) is 15.8. The molecule has 0 radical (unpaired) electrons. The van der Waals surface area contributed by atoms with Gasteiger partial charge in [-0.25, -0.2) is 4.68 Å². The lowest BCUT2D eigenvalue weighted by Crippen LogP contribution is -2.33. The minimum Gasteiger partial charge on any atom is -0.496 e. The molecule has 1 aromatic heterocycles. The Morgan fingerprint density at radius 1 is 1.18 bits per heavy atom. The van der Waals surface area contributed by atoms with Crippen LogP contribution < -0.4 is 15.5 Å². The first kappa shape index (κ1) is 19.6. The van der Waals surface area contributed by atoms with E-state index in [1.165, 1.54) is 10.7 Å². The van der Waals surface area contributed by atoms with Crippen molar-refractivity contribution in [3.63, 3.8) is 0 Å². The zero-order valence-corrected chi connectivity index (χ0v) is 16.5. The topological polar surface area (TPSA) is 73.2 Å². The maximum absolute atomic E-state index is 12.8. The quantitative estimate of drug-likeness (QED) is 0.712. The number of benzene rings is 2. The van der Waals surface area contributed by atoms with Crippen LogP contribution in [0.2, 0.25) is 5.02 Å². The first-order valence-corrected chi connectivity index (χ1v) is 9.10. The van der Waals surface area contributed by atoms with E-state index < -0.39 is 11.3 Å². The van der Waals surface area contributed by atoms with Gasteiger partial charge in [-0.3, -0.25) is 9.59 Å². The third-order valence-corrected chi connectivity index (χ3v) is 4.68. The van der Waals surface area contributed by atoms with Crippen LogP contribution in [0.4, 0.5) is 0 Å². The molecular weight excluding hydrogens is 378 g/mol. The van der Waals surface area contributed by atoms with E-state index in [9.17, 15) is 9.59 Å². The summed E-state index contributed by atoms with van der Waals surface area (Å²) in [6.07, 6.45) is 0. The molecule has 0 spiro atoms. The fraction of sp³-hybridized carbons (Fsp3) is 0.190. The van der Waals surface area contributed by atoms with Gasteiger partial charge in [0.1, 0.15) is 5.75 Å². The Hall–Kier alpha value is -3.12. The molecule has 1 unspecified atom stereocenters. The number of methoxy groups -OCH3 is 1. The number of rotatable bonds is 5. The van der Waals surface area contributed by atoms with Crippen LogP contribution in [0, 0.1) is 6.92 Å². The van der Waals surface area contributed by atoms with Gasteiger partial charge in [0.05, 0.1) is 23.9 Å². The molecule has 0 saturated carbocycles. The molecule has 0 aliphatic heterocycles. The van der Waals surface area contributed by atoms with E-state index in [0.29, 0.717) is 22.2 Å². The van der Waals surface area contributed by atoms with Gasteiger partial charge in [0.25, 0.3) is 5.91 Å². The molecule has 0 fully saturated rings. The Morgan fingerprint density at radius 3 is 2.57 bits per heavy atom. The SMILES string of the molecule is COc1ccccc1C(C)NC(=O)c1nn(-c2ccccc2Cl)c(C)cc1=O. The molecule has 28 heavy (non-hydrogen) atoms. The number of nitrogens with one attached hydrogen (secondary N) is 1. The van der Waals surface area contributed by atoms with Crippen molar-refractivity contribution in [2.24, 2.45) is 0 Å². The van der Waals surface area contributed by atoms with Crippen LogP contribution in [-0.4, -0.2) is 22.8 Å². The Labute approximate surface area is 167 Å². The number of halogens is 1. The van der Waals surface area contributed by atoms with Crippen molar-refractivity contribution >= 4 is 17.5 Å². The van der Waals surface area contributed by atoms with Crippen LogP contribution >= 0.6 is 11.6 Å². The van der Waals surface area contributed by atoms with Crippen molar-refractivity contribution in [1.82, 2.24) is 15.1 Å². The van der Waals surface area contributed by atoms with Crippen LogP contribution in [0.3, 0.4) is 0 Å². The third kappa shape index (κ3) is 3.92. The van der Waals surface area contributed by atoms with Crippen LogP contribution in [0.25, 0.3) is 5.69 Å². The molecule has 1 N–H and O–H groups in total. The lowest BCUT2D eigenvalue weighted by molar-refractivity contribution is 0.0931. The molecule has 6 nitrogen and oxygen atoms in total. The van der Waals surface area contributed by atoms with Gasteiger partial charge in [0.2, 0.25) is 5.43 Å². The van der Waals surface area contributed by atoms with E-state index in [1.54, 1.807) is 32.2 Å². The molecule has 3 rings (SSSR count). The Balaban J connectivity index is 1.95. The maximum Gasteiger partial charge on any atom is 0.276 e. The first-order chi connectivity index (χ1) is 13.4. The van der Waals surface area contributed by atoms with Gasteiger partial charge in [0, 0.05) is 17.3 Å². The van der Waals surface area contributed by atoms with Crippen LogP contribution in [-0.2, 0) is 0 Å². The second kappa shape index (κ2) is 8.27. The highest BCUT2D eigenvalue weighted by atomic mass is 35.5. The number of carbonyl (C=O) groups is 1. The van der Waals surface area contributed by atoms with E-state index in [-0.39, 0.29) is 11.7 Å². The Morgan fingerprint density at radius 2 is 1.86 bits per heavy atom. The molecule has 2 aromatic carbocycles. The molecular formula is C21H20ClN3O3. The predicted octanol–water partition coefficient (Wildman–Crippen LogP) is 3.69. The second-order valence-corrected chi connectivity index (χ2v) is 6.71. The summed E-state index contributed by atoms with van der Waals surface area (Å²) in [6.45, 7) is 3.55. The number of aryl methyl sites for hydroxylation is 1. The zero-order chi connectivity index (χ0) is 20.3. The van der Waals surface area contributed by atoms with Gasteiger partial charge in [0.15, 0.2) is 5.69 Å². The third-order valence-electron chi connectivity index (χ3n) is 4.36.